The molecule has 1 N–H and O–H groups in total. The van der Waals surface area contributed by atoms with Crippen LogP contribution in [0.1, 0.15) is 27.0 Å². The van der Waals surface area contributed by atoms with Crippen molar-refractivity contribution in [1.82, 2.24) is 4.90 Å². The minimum Gasteiger partial charge on any atom is -0.480 e. The first-order chi connectivity index (χ1) is 21.1. The van der Waals surface area contributed by atoms with Crippen LogP contribution in [0.5, 0.6) is 0 Å². The maximum atomic E-state index is 13.9. The Morgan fingerprint density at radius 3 is 1.66 bits per heavy atom. The molecule has 5 aromatic rings. The Hall–Kier alpha value is -4.88. The molecule has 0 aliphatic heterocycles. The molecule has 222 valence electrons. The van der Waals surface area contributed by atoms with E-state index in [0.717, 1.165) is 28.8 Å². The molecule has 0 saturated heterocycles. The molecule has 5 aromatic carbocycles. The van der Waals surface area contributed by atoms with Crippen LogP contribution in [0.3, 0.4) is 0 Å². The normalized spacial score (nSPS) is 12.0. The first-order valence-electron chi connectivity index (χ1n) is 13.8. The van der Waals surface area contributed by atoms with E-state index in [1.165, 1.54) is 17.0 Å². The summed E-state index contributed by atoms with van der Waals surface area (Å²) in [6.07, 6.45) is -4.36. The van der Waals surface area contributed by atoms with Crippen LogP contribution in [-0.4, -0.2) is 27.9 Å². The van der Waals surface area contributed by atoms with Crippen LogP contribution in [-0.2, 0) is 23.9 Å². The predicted molar refractivity (Wildman–Crippen MR) is 165 cm³/mol. The molecule has 0 radical (unpaired) electrons. The van der Waals surface area contributed by atoms with Gasteiger partial charge in [-0.1, -0.05) is 103 Å². The molecule has 0 saturated carbocycles. The van der Waals surface area contributed by atoms with E-state index in [2.05, 4.69) is 0 Å². The molecule has 8 heteroatoms. The fourth-order valence-electron chi connectivity index (χ4n) is 4.95. The van der Waals surface area contributed by atoms with E-state index in [1.807, 2.05) is 54.6 Å². The summed E-state index contributed by atoms with van der Waals surface area (Å²) >= 11 is 6.05. The van der Waals surface area contributed by atoms with Gasteiger partial charge in [0, 0.05) is 23.6 Å². The van der Waals surface area contributed by atoms with E-state index in [0.29, 0.717) is 21.7 Å². The van der Waals surface area contributed by atoms with E-state index in [9.17, 15) is 27.9 Å². The van der Waals surface area contributed by atoms with Gasteiger partial charge in [-0.05, 0) is 69.8 Å². The van der Waals surface area contributed by atoms with E-state index in [1.54, 1.807) is 48.5 Å². The molecule has 44 heavy (non-hydrogen) atoms. The first kappa shape index (κ1) is 30.6. The summed E-state index contributed by atoms with van der Waals surface area (Å²) in [6.45, 7) is 0.0235. The Bertz CT molecular complexity index is 1720. The molecule has 0 spiro atoms. The van der Waals surface area contributed by atoms with Gasteiger partial charge in [0.1, 0.15) is 6.04 Å². The average Bonchev–Trinajstić information content (AvgIpc) is 3.03. The average molecular weight is 614 g/mol. The number of carboxylic acids is 1. The Labute approximate surface area is 258 Å². The van der Waals surface area contributed by atoms with Crippen molar-refractivity contribution in [2.45, 2.75) is 25.2 Å². The summed E-state index contributed by atoms with van der Waals surface area (Å²) in [7, 11) is 0. The first-order valence-corrected chi connectivity index (χ1v) is 14.2. The van der Waals surface area contributed by atoms with Gasteiger partial charge in [-0.25, -0.2) is 4.79 Å². The topological polar surface area (TPSA) is 57.6 Å². The summed E-state index contributed by atoms with van der Waals surface area (Å²) in [5.41, 5.74) is 4.15. The Morgan fingerprint density at radius 1 is 0.659 bits per heavy atom. The van der Waals surface area contributed by atoms with Crippen LogP contribution in [0, 0.1) is 0 Å². The molecular weight excluding hydrogens is 587 g/mol. The number of carbonyl (C=O) groups is 2. The highest BCUT2D eigenvalue weighted by atomic mass is 35.5. The highest BCUT2D eigenvalue weighted by Gasteiger charge is 2.32. The molecule has 4 nitrogen and oxygen atoms in total. The molecule has 5 rings (SSSR count). The maximum Gasteiger partial charge on any atom is 0.416 e. The van der Waals surface area contributed by atoms with Crippen LogP contribution >= 0.6 is 11.6 Å². The number of carbonyl (C=O) groups excluding carboxylic acids is 1. The van der Waals surface area contributed by atoms with E-state index >= 15 is 0 Å². The largest absolute Gasteiger partial charge is 0.480 e. The van der Waals surface area contributed by atoms with Gasteiger partial charge in [0.25, 0.3) is 5.91 Å². The van der Waals surface area contributed by atoms with Gasteiger partial charge in [0.2, 0.25) is 0 Å². The second-order valence-electron chi connectivity index (χ2n) is 10.3. The van der Waals surface area contributed by atoms with Crippen molar-refractivity contribution in [2.24, 2.45) is 0 Å². The third kappa shape index (κ3) is 7.36. The van der Waals surface area contributed by atoms with Gasteiger partial charge in [0.05, 0.1) is 5.56 Å². The van der Waals surface area contributed by atoms with Crippen molar-refractivity contribution >= 4 is 23.5 Å². The minimum atomic E-state index is -4.44. The summed E-state index contributed by atoms with van der Waals surface area (Å²) in [5, 5.41) is 10.8. The van der Waals surface area contributed by atoms with Gasteiger partial charge in [-0.2, -0.15) is 13.2 Å². The van der Waals surface area contributed by atoms with Crippen LogP contribution in [0.2, 0.25) is 5.02 Å². The minimum absolute atomic E-state index is 0.0235. The van der Waals surface area contributed by atoms with Crippen molar-refractivity contribution in [3.63, 3.8) is 0 Å². The van der Waals surface area contributed by atoms with Crippen molar-refractivity contribution in [3.8, 4) is 22.3 Å². The Balaban J connectivity index is 1.42. The fourth-order valence-corrected chi connectivity index (χ4v) is 5.08. The van der Waals surface area contributed by atoms with Gasteiger partial charge >= 0.3 is 12.1 Å². The standard InChI is InChI=1S/C36H27ClF3NO3/c37-32-20-8-25(9-21-32)23-41(33(35(43)44)22-24-6-10-27(11-7-24)26-4-2-1-3-5-26)34(42)30-14-12-28(13-15-30)29-16-18-31(19-17-29)36(38,39)40/h1-21,33H,22-23H2,(H,43,44). The number of nitrogens with zero attached hydrogens (tertiary/aromatic N) is 1. The van der Waals surface area contributed by atoms with Crippen LogP contribution in [0.15, 0.2) is 127 Å². The Morgan fingerprint density at radius 2 is 1.14 bits per heavy atom. The lowest BCUT2D eigenvalue weighted by Gasteiger charge is -2.30. The second kappa shape index (κ2) is 13.2. The number of carboxylic acid groups (broad SMARTS) is 1. The number of halogens is 4. The SMILES string of the molecule is O=C(O)C(Cc1ccc(-c2ccccc2)cc1)N(Cc1ccc(Cl)cc1)C(=O)c1ccc(-c2ccc(C(F)(F)F)cc2)cc1. The van der Waals surface area contributed by atoms with E-state index in [4.69, 9.17) is 11.6 Å². The zero-order chi connectivity index (χ0) is 31.3. The lowest BCUT2D eigenvalue weighted by molar-refractivity contribution is -0.142. The predicted octanol–water partition coefficient (Wildman–Crippen LogP) is 9.03. The highest BCUT2D eigenvalue weighted by molar-refractivity contribution is 6.30. The summed E-state index contributed by atoms with van der Waals surface area (Å²) < 4.78 is 38.9. The smallest absolute Gasteiger partial charge is 0.416 e. The molecule has 1 atom stereocenters. The Kier molecular flexibility index (Phi) is 9.16. The summed E-state index contributed by atoms with van der Waals surface area (Å²) in [6, 6.07) is 34.2. The summed E-state index contributed by atoms with van der Waals surface area (Å²) in [5.74, 6) is -1.65. The number of rotatable bonds is 9. The number of amides is 1. The van der Waals surface area contributed by atoms with Crippen molar-refractivity contribution < 1.29 is 27.9 Å². The maximum absolute atomic E-state index is 13.9. The molecule has 1 amide bonds. The molecule has 0 fully saturated rings. The molecule has 1 unspecified atom stereocenters. The van der Waals surface area contributed by atoms with Crippen molar-refractivity contribution in [3.05, 3.63) is 155 Å². The number of hydrogen-bond donors (Lipinski definition) is 1. The molecule has 0 aliphatic rings. The van der Waals surface area contributed by atoms with Crippen LogP contribution in [0.25, 0.3) is 22.3 Å². The van der Waals surface area contributed by atoms with E-state index < -0.39 is 29.7 Å². The number of hydrogen-bond acceptors (Lipinski definition) is 2. The van der Waals surface area contributed by atoms with Crippen molar-refractivity contribution in [2.75, 3.05) is 0 Å². The molecule has 0 bridgehead atoms. The van der Waals surface area contributed by atoms with Crippen molar-refractivity contribution in [1.29, 1.82) is 0 Å². The quantitative estimate of drug-likeness (QED) is 0.180. The molecule has 0 heterocycles. The van der Waals surface area contributed by atoms with E-state index in [-0.39, 0.29) is 18.5 Å². The lowest BCUT2D eigenvalue weighted by Crippen LogP contribution is -2.46. The van der Waals surface area contributed by atoms with Crippen LogP contribution in [0.4, 0.5) is 13.2 Å². The fraction of sp³-hybridized carbons (Fsp3) is 0.111. The third-order valence-electron chi connectivity index (χ3n) is 7.36. The number of benzene rings is 5. The molecule has 0 aromatic heterocycles. The zero-order valence-electron chi connectivity index (χ0n) is 23.3. The summed E-state index contributed by atoms with van der Waals surface area (Å²) in [4.78, 5) is 27.9. The highest BCUT2D eigenvalue weighted by Crippen LogP contribution is 2.31. The van der Waals surface area contributed by atoms with Crippen LogP contribution < -0.4 is 0 Å². The number of alkyl halides is 3. The van der Waals surface area contributed by atoms with Gasteiger partial charge in [-0.15, -0.1) is 0 Å². The number of aliphatic carboxylic acids is 1. The molecule has 0 aliphatic carbocycles. The molecular formula is C36H27ClF3NO3. The van der Waals surface area contributed by atoms with Gasteiger partial charge in [-0.3, -0.25) is 4.79 Å². The van der Waals surface area contributed by atoms with Gasteiger partial charge < -0.3 is 10.0 Å². The third-order valence-corrected chi connectivity index (χ3v) is 7.61. The second-order valence-corrected chi connectivity index (χ2v) is 10.8. The monoisotopic (exact) mass is 613 g/mol. The lowest BCUT2D eigenvalue weighted by atomic mass is 9.98. The van der Waals surface area contributed by atoms with Gasteiger partial charge in [0.15, 0.2) is 0 Å². The zero-order valence-corrected chi connectivity index (χ0v) is 24.1.